The maximum atomic E-state index is 9.09. The molecule has 2 aromatic rings. The van der Waals surface area contributed by atoms with Crippen molar-refractivity contribution in [1.82, 2.24) is 9.97 Å². The van der Waals surface area contributed by atoms with Gasteiger partial charge in [0.05, 0.1) is 6.20 Å². The molecular weight excluding hydrogens is 272 g/mol. The predicted octanol–water partition coefficient (Wildman–Crippen LogP) is 3.94. The van der Waals surface area contributed by atoms with E-state index >= 15 is 0 Å². The van der Waals surface area contributed by atoms with E-state index in [4.69, 9.17) is 16.9 Å². The summed E-state index contributed by atoms with van der Waals surface area (Å²) in [6, 6.07) is 10.0. The van der Waals surface area contributed by atoms with E-state index in [2.05, 4.69) is 41.3 Å². The third-order valence-corrected chi connectivity index (χ3v) is 2.96. The van der Waals surface area contributed by atoms with Crippen LogP contribution in [0, 0.1) is 17.2 Å². The quantitative estimate of drug-likeness (QED) is 0.865. The Morgan fingerprint density at radius 3 is 2.80 bits per heavy atom. The van der Waals surface area contributed by atoms with Crippen molar-refractivity contribution < 1.29 is 0 Å². The van der Waals surface area contributed by atoms with Crippen LogP contribution >= 0.6 is 11.6 Å². The molecule has 0 bridgehead atoms. The van der Waals surface area contributed by atoms with Crippen molar-refractivity contribution in [3.63, 3.8) is 0 Å². The molecule has 1 aromatic heterocycles. The molecule has 0 fully saturated rings. The largest absolute Gasteiger partial charge is 0.339 e. The van der Waals surface area contributed by atoms with Crippen LogP contribution in [-0.2, 0) is 6.42 Å². The Morgan fingerprint density at radius 2 is 2.10 bits per heavy atom. The van der Waals surface area contributed by atoms with Gasteiger partial charge in [0.15, 0.2) is 5.82 Å². The standard InChI is InChI=1S/C15H15ClN4/c1-10(2)7-11-5-3-4-6-13(11)19-14-12(8-17)9-18-15(16)20-14/h3-6,9-10H,7H2,1-2H3,(H,18,19,20). The SMILES string of the molecule is CC(C)Cc1ccccc1Nc1nc(Cl)ncc1C#N. The molecule has 5 heteroatoms. The molecule has 0 saturated carbocycles. The lowest BCUT2D eigenvalue weighted by Gasteiger charge is -2.13. The van der Waals surface area contributed by atoms with E-state index in [1.165, 1.54) is 11.8 Å². The molecule has 0 aliphatic rings. The van der Waals surface area contributed by atoms with Gasteiger partial charge in [-0.15, -0.1) is 0 Å². The minimum atomic E-state index is 0.118. The normalized spacial score (nSPS) is 10.3. The summed E-state index contributed by atoms with van der Waals surface area (Å²) in [4.78, 5) is 7.90. The topological polar surface area (TPSA) is 61.6 Å². The van der Waals surface area contributed by atoms with Gasteiger partial charge in [-0.2, -0.15) is 10.2 Å². The Hall–Kier alpha value is -2.12. The van der Waals surface area contributed by atoms with Gasteiger partial charge in [0.1, 0.15) is 11.6 Å². The molecule has 0 spiro atoms. The van der Waals surface area contributed by atoms with E-state index in [0.717, 1.165) is 12.1 Å². The molecule has 1 heterocycles. The maximum Gasteiger partial charge on any atom is 0.224 e. The molecule has 20 heavy (non-hydrogen) atoms. The van der Waals surface area contributed by atoms with Gasteiger partial charge in [0, 0.05) is 5.69 Å². The zero-order valence-electron chi connectivity index (χ0n) is 11.4. The lowest BCUT2D eigenvalue weighted by molar-refractivity contribution is 0.648. The van der Waals surface area contributed by atoms with Gasteiger partial charge in [-0.25, -0.2) is 4.98 Å². The number of rotatable bonds is 4. The highest BCUT2D eigenvalue weighted by atomic mass is 35.5. The molecule has 0 radical (unpaired) electrons. The Kier molecular flexibility index (Phi) is 4.54. The molecule has 0 amide bonds. The van der Waals surface area contributed by atoms with E-state index in [-0.39, 0.29) is 5.28 Å². The van der Waals surface area contributed by atoms with Gasteiger partial charge in [-0.1, -0.05) is 32.0 Å². The fraction of sp³-hybridized carbons (Fsp3) is 0.267. The minimum Gasteiger partial charge on any atom is -0.339 e. The summed E-state index contributed by atoms with van der Waals surface area (Å²) in [5.41, 5.74) is 2.49. The second-order valence-corrected chi connectivity index (χ2v) is 5.23. The summed E-state index contributed by atoms with van der Waals surface area (Å²) < 4.78 is 0. The number of benzene rings is 1. The molecule has 1 N–H and O–H groups in total. The van der Waals surface area contributed by atoms with Crippen LogP contribution in [0.25, 0.3) is 0 Å². The van der Waals surface area contributed by atoms with Crippen LogP contribution in [-0.4, -0.2) is 9.97 Å². The molecule has 0 unspecified atom stereocenters. The van der Waals surface area contributed by atoms with Gasteiger partial charge in [-0.05, 0) is 35.6 Å². The maximum absolute atomic E-state index is 9.09. The van der Waals surface area contributed by atoms with Gasteiger partial charge in [0.25, 0.3) is 0 Å². The van der Waals surface area contributed by atoms with Crippen LogP contribution in [0.2, 0.25) is 5.28 Å². The smallest absolute Gasteiger partial charge is 0.224 e. The zero-order chi connectivity index (χ0) is 14.5. The summed E-state index contributed by atoms with van der Waals surface area (Å²) in [7, 11) is 0. The average molecular weight is 287 g/mol. The van der Waals surface area contributed by atoms with Crippen molar-refractivity contribution in [2.75, 3.05) is 5.32 Å². The summed E-state index contributed by atoms with van der Waals surface area (Å²) >= 11 is 5.79. The third kappa shape index (κ3) is 3.46. The van der Waals surface area contributed by atoms with Crippen LogP contribution in [0.3, 0.4) is 0 Å². The number of hydrogen-bond donors (Lipinski definition) is 1. The Balaban J connectivity index is 2.35. The highest BCUT2D eigenvalue weighted by Gasteiger charge is 2.09. The van der Waals surface area contributed by atoms with E-state index in [0.29, 0.717) is 17.3 Å². The summed E-state index contributed by atoms with van der Waals surface area (Å²) in [6.45, 7) is 4.33. The van der Waals surface area contributed by atoms with Crippen molar-refractivity contribution >= 4 is 23.1 Å². The summed E-state index contributed by atoms with van der Waals surface area (Å²) in [5, 5.41) is 12.4. The molecule has 0 aliphatic carbocycles. The number of halogens is 1. The Morgan fingerprint density at radius 1 is 1.35 bits per heavy atom. The van der Waals surface area contributed by atoms with E-state index in [1.807, 2.05) is 18.2 Å². The zero-order valence-corrected chi connectivity index (χ0v) is 12.1. The molecule has 2 rings (SSSR count). The summed E-state index contributed by atoms with van der Waals surface area (Å²) in [6.07, 6.45) is 2.37. The van der Waals surface area contributed by atoms with E-state index in [1.54, 1.807) is 0 Å². The highest BCUT2D eigenvalue weighted by molar-refractivity contribution is 6.28. The second kappa shape index (κ2) is 6.36. The van der Waals surface area contributed by atoms with Crippen LogP contribution in [0.5, 0.6) is 0 Å². The fourth-order valence-corrected chi connectivity index (χ4v) is 2.06. The number of nitriles is 1. The Labute approximate surface area is 123 Å². The van der Waals surface area contributed by atoms with Crippen molar-refractivity contribution in [2.45, 2.75) is 20.3 Å². The molecule has 0 atom stereocenters. The van der Waals surface area contributed by atoms with Crippen LogP contribution in [0.15, 0.2) is 30.5 Å². The first-order chi connectivity index (χ1) is 9.60. The lowest BCUT2D eigenvalue weighted by atomic mass is 10.0. The van der Waals surface area contributed by atoms with E-state index < -0.39 is 0 Å². The third-order valence-electron chi connectivity index (χ3n) is 2.78. The lowest BCUT2D eigenvalue weighted by Crippen LogP contribution is -2.03. The molecular formula is C15H15ClN4. The molecule has 1 aromatic carbocycles. The van der Waals surface area contributed by atoms with E-state index in [9.17, 15) is 0 Å². The minimum absolute atomic E-state index is 0.118. The number of anilines is 2. The molecule has 4 nitrogen and oxygen atoms in total. The monoisotopic (exact) mass is 286 g/mol. The van der Waals surface area contributed by atoms with Crippen LogP contribution < -0.4 is 5.32 Å². The number of para-hydroxylation sites is 1. The van der Waals surface area contributed by atoms with Gasteiger partial charge >= 0.3 is 0 Å². The number of hydrogen-bond acceptors (Lipinski definition) is 4. The number of nitrogens with one attached hydrogen (secondary N) is 1. The molecule has 0 saturated heterocycles. The first kappa shape index (κ1) is 14.3. The van der Waals surface area contributed by atoms with Gasteiger partial charge in [-0.3, -0.25) is 0 Å². The average Bonchev–Trinajstić information content (AvgIpc) is 2.41. The fourth-order valence-electron chi connectivity index (χ4n) is 1.93. The molecule has 0 aliphatic heterocycles. The number of nitrogens with zero attached hydrogens (tertiary/aromatic N) is 3. The van der Waals surface area contributed by atoms with Gasteiger partial charge < -0.3 is 5.32 Å². The first-order valence-electron chi connectivity index (χ1n) is 6.37. The van der Waals surface area contributed by atoms with Gasteiger partial charge in [0.2, 0.25) is 5.28 Å². The van der Waals surface area contributed by atoms with Crippen molar-refractivity contribution in [1.29, 1.82) is 5.26 Å². The van der Waals surface area contributed by atoms with Crippen molar-refractivity contribution in [3.8, 4) is 6.07 Å². The van der Waals surface area contributed by atoms with Crippen molar-refractivity contribution in [3.05, 3.63) is 46.9 Å². The summed E-state index contributed by atoms with van der Waals surface area (Å²) in [5.74, 6) is 0.978. The number of aromatic nitrogens is 2. The second-order valence-electron chi connectivity index (χ2n) is 4.89. The highest BCUT2D eigenvalue weighted by Crippen LogP contribution is 2.24. The predicted molar refractivity (Wildman–Crippen MR) is 80.0 cm³/mol. The van der Waals surface area contributed by atoms with Crippen molar-refractivity contribution in [2.24, 2.45) is 5.92 Å². The Bertz CT molecular complexity index is 647. The molecule has 102 valence electrons. The van der Waals surface area contributed by atoms with Crippen LogP contribution in [0.1, 0.15) is 25.0 Å². The van der Waals surface area contributed by atoms with Crippen LogP contribution in [0.4, 0.5) is 11.5 Å². The first-order valence-corrected chi connectivity index (χ1v) is 6.75.